The third-order valence-corrected chi connectivity index (χ3v) is 2.12. The molecule has 0 amide bonds. The topological polar surface area (TPSA) is 29.5 Å². The van der Waals surface area contributed by atoms with E-state index in [0.717, 1.165) is 5.56 Å². The first-order chi connectivity index (χ1) is 7.13. The molecule has 2 nitrogen and oxygen atoms in total. The number of benzene rings is 1. The molecule has 0 heterocycles. The van der Waals surface area contributed by atoms with Gasteiger partial charge in [0.15, 0.2) is 0 Å². The van der Waals surface area contributed by atoms with E-state index in [2.05, 4.69) is 0 Å². The van der Waals surface area contributed by atoms with Crippen LogP contribution in [0.5, 0.6) is 5.75 Å². The van der Waals surface area contributed by atoms with Gasteiger partial charge in [0, 0.05) is 0 Å². The SMILES string of the molecule is CC(F)=C(C)COc1cccc(CO)c1. The van der Waals surface area contributed by atoms with Crippen molar-refractivity contribution in [3.05, 3.63) is 41.2 Å². The van der Waals surface area contributed by atoms with Crippen LogP contribution in [0.4, 0.5) is 4.39 Å². The molecule has 0 saturated heterocycles. The number of aliphatic hydroxyl groups excluding tert-OH is 1. The van der Waals surface area contributed by atoms with Gasteiger partial charge in [-0.05, 0) is 37.1 Å². The Labute approximate surface area is 89.0 Å². The fourth-order valence-corrected chi connectivity index (χ4v) is 1.02. The number of allylic oxidation sites excluding steroid dienone is 1. The minimum atomic E-state index is -0.215. The van der Waals surface area contributed by atoms with Crippen LogP contribution in [0.1, 0.15) is 19.4 Å². The fraction of sp³-hybridized carbons (Fsp3) is 0.333. The lowest BCUT2D eigenvalue weighted by atomic mass is 10.2. The number of aliphatic hydroxyl groups is 1. The second-order valence-electron chi connectivity index (χ2n) is 3.41. The first-order valence-electron chi connectivity index (χ1n) is 4.78. The predicted molar refractivity (Wildman–Crippen MR) is 57.3 cm³/mol. The minimum Gasteiger partial charge on any atom is -0.489 e. The second-order valence-corrected chi connectivity index (χ2v) is 3.41. The number of rotatable bonds is 4. The highest BCUT2D eigenvalue weighted by Gasteiger charge is 1.99. The van der Waals surface area contributed by atoms with Gasteiger partial charge in [-0.3, -0.25) is 0 Å². The van der Waals surface area contributed by atoms with Gasteiger partial charge in [-0.2, -0.15) is 0 Å². The zero-order valence-electron chi connectivity index (χ0n) is 8.96. The Bertz CT molecular complexity index is 354. The van der Waals surface area contributed by atoms with Gasteiger partial charge >= 0.3 is 0 Å². The summed E-state index contributed by atoms with van der Waals surface area (Å²) >= 11 is 0. The van der Waals surface area contributed by atoms with Crippen molar-refractivity contribution in [2.75, 3.05) is 6.61 Å². The maximum absolute atomic E-state index is 12.7. The van der Waals surface area contributed by atoms with Crippen molar-refractivity contribution in [1.29, 1.82) is 0 Å². The van der Waals surface area contributed by atoms with Crippen LogP contribution in [0.2, 0.25) is 0 Å². The van der Waals surface area contributed by atoms with E-state index in [-0.39, 0.29) is 19.0 Å². The van der Waals surface area contributed by atoms with Crippen molar-refractivity contribution in [1.82, 2.24) is 0 Å². The van der Waals surface area contributed by atoms with Crippen LogP contribution in [0.3, 0.4) is 0 Å². The maximum Gasteiger partial charge on any atom is 0.120 e. The molecule has 1 rings (SSSR count). The van der Waals surface area contributed by atoms with Crippen LogP contribution in [0.15, 0.2) is 35.7 Å². The van der Waals surface area contributed by atoms with Gasteiger partial charge in [-0.25, -0.2) is 4.39 Å². The number of halogens is 1. The highest BCUT2D eigenvalue weighted by molar-refractivity contribution is 5.28. The van der Waals surface area contributed by atoms with Gasteiger partial charge < -0.3 is 9.84 Å². The molecule has 15 heavy (non-hydrogen) atoms. The molecule has 1 aromatic carbocycles. The Hall–Kier alpha value is -1.35. The summed E-state index contributed by atoms with van der Waals surface area (Å²) in [5.41, 5.74) is 1.36. The Kier molecular flexibility index (Phi) is 4.31. The first-order valence-corrected chi connectivity index (χ1v) is 4.78. The molecule has 0 saturated carbocycles. The Morgan fingerprint density at radius 2 is 2.13 bits per heavy atom. The molecule has 0 aromatic heterocycles. The van der Waals surface area contributed by atoms with E-state index in [9.17, 15) is 4.39 Å². The highest BCUT2D eigenvalue weighted by Crippen LogP contribution is 2.15. The molecule has 3 heteroatoms. The molecular formula is C12H15FO2. The summed E-state index contributed by atoms with van der Waals surface area (Å²) in [6.07, 6.45) is 0. The summed E-state index contributed by atoms with van der Waals surface area (Å²) < 4.78 is 18.1. The molecule has 0 bridgehead atoms. The quantitative estimate of drug-likeness (QED) is 0.828. The first kappa shape index (κ1) is 11.7. The largest absolute Gasteiger partial charge is 0.489 e. The van der Waals surface area contributed by atoms with E-state index in [0.29, 0.717) is 11.3 Å². The summed E-state index contributed by atoms with van der Waals surface area (Å²) in [7, 11) is 0. The van der Waals surface area contributed by atoms with Crippen LogP contribution in [-0.2, 0) is 6.61 Å². The zero-order chi connectivity index (χ0) is 11.3. The lowest BCUT2D eigenvalue weighted by Crippen LogP contribution is -2.00. The highest BCUT2D eigenvalue weighted by atomic mass is 19.1. The summed E-state index contributed by atoms with van der Waals surface area (Å²) in [5, 5.41) is 8.90. The molecule has 0 aliphatic rings. The third kappa shape index (κ3) is 3.72. The molecule has 0 atom stereocenters. The fourth-order valence-electron chi connectivity index (χ4n) is 1.02. The molecular weight excluding hydrogens is 195 g/mol. The average Bonchev–Trinajstić information content (AvgIpc) is 2.26. The number of hydrogen-bond donors (Lipinski definition) is 1. The van der Waals surface area contributed by atoms with Crippen LogP contribution >= 0.6 is 0 Å². The van der Waals surface area contributed by atoms with E-state index in [1.54, 1.807) is 31.2 Å². The number of hydrogen-bond acceptors (Lipinski definition) is 2. The van der Waals surface area contributed by atoms with E-state index >= 15 is 0 Å². The van der Waals surface area contributed by atoms with Crippen molar-refractivity contribution in [2.24, 2.45) is 0 Å². The van der Waals surface area contributed by atoms with Gasteiger partial charge in [-0.15, -0.1) is 0 Å². The molecule has 0 aliphatic carbocycles. The van der Waals surface area contributed by atoms with E-state index in [1.807, 2.05) is 0 Å². The van der Waals surface area contributed by atoms with E-state index < -0.39 is 0 Å². The smallest absolute Gasteiger partial charge is 0.120 e. The molecule has 0 fully saturated rings. The summed E-state index contributed by atoms with van der Waals surface area (Å²) in [6.45, 7) is 3.31. The lowest BCUT2D eigenvalue weighted by molar-refractivity contribution is 0.280. The van der Waals surface area contributed by atoms with Crippen molar-refractivity contribution >= 4 is 0 Å². The van der Waals surface area contributed by atoms with E-state index in [4.69, 9.17) is 9.84 Å². The monoisotopic (exact) mass is 210 g/mol. The molecule has 0 radical (unpaired) electrons. The predicted octanol–water partition coefficient (Wildman–Crippen LogP) is 2.82. The summed E-state index contributed by atoms with van der Waals surface area (Å²) in [4.78, 5) is 0. The van der Waals surface area contributed by atoms with Gasteiger partial charge in [0.2, 0.25) is 0 Å². The van der Waals surface area contributed by atoms with Crippen LogP contribution in [0.25, 0.3) is 0 Å². The zero-order valence-corrected chi connectivity index (χ0v) is 8.96. The number of ether oxygens (including phenoxy) is 1. The molecule has 0 aliphatic heterocycles. The normalized spacial score (nSPS) is 12.3. The Morgan fingerprint density at radius 3 is 2.73 bits per heavy atom. The van der Waals surface area contributed by atoms with Crippen LogP contribution in [0, 0.1) is 0 Å². The molecule has 82 valence electrons. The second kappa shape index (κ2) is 5.51. The van der Waals surface area contributed by atoms with Crippen LogP contribution in [-0.4, -0.2) is 11.7 Å². The van der Waals surface area contributed by atoms with Gasteiger partial charge in [0.05, 0.1) is 12.4 Å². The van der Waals surface area contributed by atoms with Gasteiger partial charge in [-0.1, -0.05) is 12.1 Å². The maximum atomic E-state index is 12.7. The molecule has 1 aromatic rings. The summed E-state index contributed by atoms with van der Waals surface area (Å²) in [6, 6.07) is 7.11. The van der Waals surface area contributed by atoms with Crippen molar-refractivity contribution in [3.63, 3.8) is 0 Å². The Balaban J connectivity index is 2.62. The Morgan fingerprint density at radius 1 is 1.40 bits per heavy atom. The van der Waals surface area contributed by atoms with Crippen LogP contribution < -0.4 is 4.74 Å². The van der Waals surface area contributed by atoms with Gasteiger partial charge in [0.1, 0.15) is 12.4 Å². The molecule has 0 spiro atoms. The molecule has 0 unspecified atom stereocenters. The molecule has 1 N–H and O–H groups in total. The third-order valence-electron chi connectivity index (χ3n) is 2.12. The standard InChI is InChI=1S/C12H15FO2/c1-9(10(2)13)8-15-12-5-3-4-11(6-12)7-14/h3-6,14H,7-8H2,1-2H3. The lowest BCUT2D eigenvalue weighted by Gasteiger charge is -2.07. The average molecular weight is 210 g/mol. The minimum absolute atomic E-state index is 0.0197. The van der Waals surface area contributed by atoms with Crippen molar-refractivity contribution in [3.8, 4) is 5.75 Å². The van der Waals surface area contributed by atoms with Crippen molar-refractivity contribution in [2.45, 2.75) is 20.5 Å². The van der Waals surface area contributed by atoms with E-state index in [1.165, 1.54) is 6.92 Å². The summed E-state index contributed by atoms with van der Waals surface area (Å²) in [5.74, 6) is 0.426. The van der Waals surface area contributed by atoms with Gasteiger partial charge in [0.25, 0.3) is 0 Å². The van der Waals surface area contributed by atoms with Crippen molar-refractivity contribution < 1.29 is 14.2 Å².